The summed E-state index contributed by atoms with van der Waals surface area (Å²) in [4.78, 5) is 24.0. The Morgan fingerprint density at radius 1 is 1.41 bits per heavy atom. The Kier molecular flexibility index (Phi) is 4.13. The van der Waals surface area contributed by atoms with Gasteiger partial charge in [-0.25, -0.2) is 8.42 Å². The molecule has 0 spiro atoms. The number of sulfone groups is 1. The molecule has 0 bridgehead atoms. The number of carbonyl (C=O) groups excluding carboxylic acids is 1. The second kappa shape index (κ2) is 5.03. The van der Waals surface area contributed by atoms with Gasteiger partial charge in [0.2, 0.25) is 5.91 Å². The van der Waals surface area contributed by atoms with Crippen LogP contribution in [0, 0.1) is 5.92 Å². The van der Waals surface area contributed by atoms with Crippen LogP contribution < -0.4 is 0 Å². The summed E-state index contributed by atoms with van der Waals surface area (Å²) in [5.41, 5.74) is 0. The quantitative estimate of drug-likeness (QED) is 0.757. The van der Waals surface area contributed by atoms with E-state index in [1.54, 1.807) is 0 Å². The zero-order valence-corrected chi connectivity index (χ0v) is 10.7. The zero-order valence-electron chi connectivity index (χ0n) is 9.92. The molecule has 0 aromatic rings. The van der Waals surface area contributed by atoms with Gasteiger partial charge in [-0.2, -0.15) is 0 Å². The SMILES string of the molecule is CC(C(=O)N1CCC[C@@H](C(=O)O)C1)S(C)(=O)=O. The lowest BCUT2D eigenvalue weighted by atomic mass is 9.98. The molecule has 1 amide bonds. The van der Waals surface area contributed by atoms with E-state index in [2.05, 4.69) is 0 Å². The number of aliphatic carboxylic acids is 1. The van der Waals surface area contributed by atoms with Crippen molar-refractivity contribution in [3.05, 3.63) is 0 Å². The molecule has 1 rings (SSSR count). The number of nitrogens with zero attached hydrogens (tertiary/aromatic N) is 1. The molecule has 1 unspecified atom stereocenters. The first-order chi connectivity index (χ1) is 7.73. The average Bonchev–Trinajstić information content (AvgIpc) is 2.26. The summed E-state index contributed by atoms with van der Waals surface area (Å²) >= 11 is 0. The van der Waals surface area contributed by atoms with Crippen molar-refractivity contribution in [2.75, 3.05) is 19.3 Å². The summed E-state index contributed by atoms with van der Waals surface area (Å²) < 4.78 is 22.5. The second-order valence-electron chi connectivity index (χ2n) is 4.43. The highest BCUT2D eigenvalue weighted by Crippen LogP contribution is 2.18. The minimum absolute atomic E-state index is 0.105. The van der Waals surface area contributed by atoms with Gasteiger partial charge in [0.1, 0.15) is 5.25 Å². The van der Waals surface area contributed by atoms with Crippen LogP contribution in [0.2, 0.25) is 0 Å². The van der Waals surface area contributed by atoms with E-state index in [1.807, 2.05) is 0 Å². The van der Waals surface area contributed by atoms with Crippen molar-refractivity contribution in [1.82, 2.24) is 4.90 Å². The van der Waals surface area contributed by atoms with Crippen LogP contribution in [0.15, 0.2) is 0 Å². The molecule has 17 heavy (non-hydrogen) atoms. The standard InChI is InChI=1S/C10H17NO5S/c1-7(17(2,15)16)9(12)11-5-3-4-8(6-11)10(13)14/h7-8H,3-6H2,1-2H3,(H,13,14)/t7?,8-/m1/s1. The van der Waals surface area contributed by atoms with E-state index >= 15 is 0 Å². The molecule has 1 fully saturated rings. The van der Waals surface area contributed by atoms with Gasteiger partial charge < -0.3 is 10.0 Å². The molecule has 2 atom stereocenters. The average molecular weight is 263 g/mol. The fraction of sp³-hybridized carbons (Fsp3) is 0.800. The van der Waals surface area contributed by atoms with Crippen LogP contribution in [0.4, 0.5) is 0 Å². The number of carboxylic acid groups (broad SMARTS) is 1. The van der Waals surface area contributed by atoms with Crippen LogP contribution in [0.3, 0.4) is 0 Å². The summed E-state index contributed by atoms with van der Waals surface area (Å²) in [6.45, 7) is 1.87. The first-order valence-electron chi connectivity index (χ1n) is 5.44. The van der Waals surface area contributed by atoms with Crippen molar-refractivity contribution >= 4 is 21.7 Å². The lowest BCUT2D eigenvalue weighted by Crippen LogP contribution is -2.47. The van der Waals surface area contributed by atoms with Crippen molar-refractivity contribution in [1.29, 1.82) is 0 Å². The molecule has 1 N–H and O–H groups in total. The molecule has 1 heterocycles. The Hall–Kier alpha value is -1.11. The number of hydrogen-bond donors (Lipinski definition) is 1. The summed E-state index contributed by atoms with van der Waals surface area (Å²) in [6.07, 6.45) is 2.14. The first-order valence-corrected chi connectivity index (χ1v) is 7.39. The third-order valence-electron chi connectivity index (χ3n) is 3.07. The molecule has 0 aromatic heterocycles. The fourth-order valence-electron chi connectivity index (χ4n) is 1.82. The van der Waals surface area contributed by atoms with Crippen molar-refractivity contribution in [2.45, 2.75) is 25.0 Å². The van der Waals surface area contributed by atoms with Crippen molar-refractivity contribution in [3.8, 4) is 0 Å². The lowest BCUT2D eigenvalue weighted by Gasteiger charge is -2.32. The Labute approximate surface area is 101 Å². The summed E-state index contributed by atoms with van der Waals surface area (Å²) in [6, 6.07) is 0. The minimum atomic E-state index is -3.43. The number of piperidine rings is 1. The van der Waals surface area contributed by atoms with E-state index < -0.39 is 32.9 Å². The van der Waals surface area contributed by atoms with E-state index in [1.165, 1.54) is 11.8 Å². The lowest BCUT2D eigenvalue weighted by molar-refractivity contribution is -0.145. The fourth-order valence-corrected chi connectivity index (χ4v) is 2.33. The minimum Gasteiger partial charge on any atom is -0.481 e. The highest BCUT2D eigenvalue weighted by atomic mass is 32.2. The predicted molar refractivity (Wildman–Crippen MR) is 61.2 cm³/mol. The number of amides is 1. The van der Waals surface area contributed by atoms with Gasteiger partial charge >= 0.3 is 5.97 Å². The van der Waals surface area contributed by atoms with Crippen LogP contribution in [-0.2, 0) is 19.4 Å². The Bertz CT molecular complexity index is 416. The molecule has 0 saturated carbocycles. The van der Waals surface area contributed by atoms with Gasteiger partial charge in [0, 0.05) is 19.3 Å². The van der Waals surface area contributed by atoms with Crippen molar-refractivity contribution in [2.24, 2.45) is 5.92 Å². The van der Waals surface area contributed by atoms with Crippen LogP contribution in [0.5, 0.6) is 0 Å². The molecule has 0 aliphatic carbocycles. The molecule has 98 valence electrons. The zero-order chi connectivity index (χ0) is 13.2. The third kappa shape index (κ3) is 3.42. The van der Waals surface area contributed by atoms with Gasteiger partial charge in [-0.3, -0.25) is 9.59 Å². The summed E-state index contributed by atoms with van der Waals surface area (Å²) in [5.74, 6) is -2.02. The molecule has 0 radical (unpaired) electrons. The maximum atomic E-state index is 11.9. The monoisotopic (exact) mass is 263 g/mol. The van der Waals surface area contributed by atoms with Crippen molar-refractivity contribution in [3.63, 3.8) is 0 Å². The van der Waals surface area contributed by atoms with Crippen molar-refractivity contribution < 1.29 is 23.1 Å². The first kappa shape index (κ1) is 14.0. The van der Waals surface area contributed by atoms with Crippen LogP contribution in [-0.4, -0.2) is 54.9 Å². The van der Waals surface area contributed by atoms with Gasteiger partial charge in [-0.05, 0) is 19.8 Å². The Balaban J connectivity index is 2.73. The van der Waals surface area contributed by atoms with Gasteiger partial charge in [0.15, 0.2) is 9.84 Å². The highest BCUT2D eigenvalue weighted by molar-refractivity contribution is 7.92. The number of carboxylic acids is 1. The van der Waals surface area contributed by atoms with E-state index in [4.69, 9.17) is 5.11 Å². The smallest absolute Gasteiger partial charge is 0.308 e. The Morgan fingerprint density at radius 3 is 2.47 bits per heavy atom. The number of hydrogen-bond acceptors (Lipinski definition) is 4. The normalized spacial score (nSPS) is 23.2. The summed E-state index contributed by atoms with van der Waals surface area (Å²) in [5, 5.41) is 7.78. The van der Waals surface area contributed by atoms with E-state index in [9.17, 15) is 18.0 Å². The van der Waals surface area contributed by atoms with Gasteiger partial charge in [0.05, 0.1) is 5.92 Å². The predicted octanol–water partition coefficient (Wildman–Crippen LogP) is -0.257. The molecule has 0 aromatic carbocycles. The number of carbonyl (C=O) groups is 2. The largest absolute Gasteiger partial charge is 0.481 e. The van der Waals surface area contributed by atoms with Gasteiger partial charge in [0.25, 0.3) is 0 Å². The molecule has 6 nitrogen and oxygen atoms in total. The number of likely N-dealkylation sites (tertiary alicyclic amines) is 1. The molecular weight excluding hydrogens is 246 g/mol. The van der Waals surface area contributed by atoms with E-state index in [-0.39, 0.29) is 6.54 Å². The van der Waals surface area contributed by atoms with E-state index in [0.717, 1.165) is 6.26 Å². The maximum Gasteiger partial charge on any atom is 0.308 e. The second-order valence-corrected chi connectivity index (χ2v) is 6.80. The van der Waals surface area contributed by atoms with Crippen LogP contribution >= 0.6 is 0 Å². The maximum absolute atomic E-state index is 11.9. The van der Waals surface area contributed by atoms with Gasteiger partial charge in [-0.15, -0.1) is 0 Å². The van der Waals surface area contributed by atoms with Gasteiger partial charge in [-0.1, -0.05) is 0 Å². The molecule has 7 heteroatoms. The molecule has 1 saturated heterocycles. The summed E-state index contributed by atoms with van der Waals surface area (Å²) in [7, 11) is -3.43. The van der Waals surface area contributed by atoms with Crippen LogP contribution in [0.25, 0.3) is 0 Å². The third-order valence-corrected chi connectivity index (χ3v) is 4.56. The van der Waals surface area contributed by atoms with E-state index in [0.29, 0.717) is 19.4 Å². The van der Waals surface area contributed by atoms with Crippen LogP contribution in [0.1, 0.15) is 19.8 Å². The molecular formula is C10H17NO5S. The molecule has 1 aliphatic rings. The number of rotatable bonds is 3. The highest BCUT2D eigenvalue weighted by Gasteiger charge is 2.33. The topological polar surface area (TPSA) is 91.8 Å². The Morgan fingerprint density at radius 2 is 2.00 bits per heavy atom. The molecule has 1 aliphatic heterocycles.